The molecule has 4 aliphatic carbocycles. The highest BCUT2D eigenvalue weighted by molar-refractivity contribution is 5.95. The van der Waals surface area contributed by atoms with Crippen LogP contribution in [-0.4, -0.2) is 11.6 Å². The second-order valence-electron chi connectivity index (χ2n) is 8.51. The minimum Gasteiger partial charge on any atom is -0.300 e. The first-order valence-electron chi connectivity index (χ1n) is 8.81. The van der Waals surface area contributed by atoms with Gasteiger partial charge >= 0.3 is 0 Å². The van der Waals surface area contributed by atoms with E-state index < -0.39 is 0 Å². The number of carbonyl (C=O) groups is 2. The highest BCUT2D eigenvalue weighted by Crippen LogP contribution is 2.64. The molecule has 2 heteroatoms. The van der Waals surface area contributed by atoms with Gasteiger partial charge in [0.2, 0.25) is 0 Å². The second kappa shape index (κ2) is 4.43. The molecule has 0 aromatic carbocycles. The summed E-state index contributed by atoms with van der Waals surface area (Å²) in [6, 6.07) is 0. The van der Waals surface area contributed by atoms with Crippen LogP contribution in [0.2, 0.25) is 0 Å². The van der Waals surface area contributed by atoms with Gasteiger partial charge in [-0.15, -0.1) is 0 Å². The molecule has 0 aromatic heterocycles. The van der Waals surface area contributed by atoms with Gasteiger partial charge in [-0.2, -0.15) is 0 Å². The van der Waals surface area contributed by atoms with Crippen molar-refractivity contribution in [2.45, 2.75) is 59.3 Å². The molecule has 5 atom stereocenters. The van der Waals surface area contributed by atoms with Crippen LogP contribution in [0.15, 0.2) is 23.3 Å². The molecule has 118 valence electrons. The number of hydrogen-bond donors (Lipinski definition) is 0. The van der Waals surface area contributed by atoms with E-state index in [2.05, 4.69) is 19.9 Å². The van der Waals surface area contributed by atoms with Crippen molar-refractivity contribution in [2.75, 3.05) is 0 Å². The summed E-state index contributed by atoms with van der Waals surface area (Å²) in [6.45, 7) is 6.40. The zero-order valence-electron chi connectivity index (χ0n) is 13.9. The van der Waals surface area contributed by atoms with Gasteiger partial charge in [-0.25, -0.2) is 0 Å². The minimum atomic E-state index is -0.00433. The van der Waals surface area contributed by atoms with E-state index in [4.69, 9.17) is 0 Å². The molecule has 0 heterocycles. The summed E-state index contributed by atoms with van der Waals surface area (Å²) in [5.41, 5.74) is 3.04. The summed E-state index contributed by atoms with van der Waals surface area (Å²) in [6.07, 6.45) is 10.5. The molecule has 4 rings (SSSR count). The number of fused-ring (bicyclic) bond motifs is 5. The molecule has 0 aromatic rings. The largest absolute Gasteiger partial charge is 0.300 e. The Morgan fingerprint density at radius 2 is 2.00 bits per heavy atom. The van der Waals surface area contributed by atoms with Crippen molar-refractivity contribution in [2.24, 2.45) is 28.6 Å². The lowest BCUT2D eigenvalue weighted by molar-refractivity contribution is -0.124. The molecule has 22 heavy (non-hydrogen) atoms. The topological polar surface area (TPSA) is 34.1 Å². The highest BCUT2D eigenvalue weighted by Gasteiger charge is 2.57. The third kappa shape index (κ3) is 1.67. The number of rotatable bonds is 1. The summed E-state index contributed by atoms with van der Waals surface area (Å²) < 4.78 is 0. The first-order valence-corrected chi connectivity index (χ1v) is 8.81. The molecule has 0 aliphatic heterocycles. The fourth-order valence-corrected chi connectivity index (χ4v) is 6.39. The molecular formula is C20H26O2. The van der Waals surface area contributed by atoms with Crippen LogP contribution in [0.1, 0.15) is 59.3 Å². The smallest absolute Gasteiger partial charge is 0.156 e. The van der Waals surface area contributed by atoms with E-state index in [1.54, 1.807) is 6.92 Å². The third-order valence-electron chi connectivity index (χ3n) is 7.48. The van der Waals surface area contributed by atoms with Crippen LogP contribution in [0.4, 0.5) is 0 Å². The van der Waals surface area contributed by atoms with E-state index in [1.165, 1.54) is 24.0 Å². The maximum absolute atomic E-state index is 12.1. The molecular weight excluding hydrogens is 272 g/mol. The van der Waals surface area contributed by atoms with Crippen molar-refractivity contribution >= 4 is 11.6 Å². The Morgan fingerprint density at radius 1 is 1.23 bits per heavy atom. The predicted molar refractivity (Wildman–Crippen MR) is 86.2 cm³/mol. The van der Waals surface area contributed by atoms with Gasteiger partial charge in [0.05, 0.1) is 0 Å². The standard InChI is InChI=1S/C20H26O2/c1-12(21)16-6-7-17-15-5-4-13-10-14(22)11-20(13,3)18(15)8-9-19(16,17)2/h8,10,15-17H,4-7,9,11H2,1-3H3/t15-,16+,17-,19+,20-/m0/s1. The number of carbonyl (C=O) groups excluding carboxylic acids is 2. The molecule has 2 saturated carbocycles. The first kappa shape index (κ1) is 14.4. The van der Waals surface area contributed by atoms with Crippen molar-refractivity contribution in [1.82, 2.24) is 0 Å². The molecule has 0 N–H and O–H groups in total. The van der Waals surface area contributed by atoms with Gasteiger partial charge in [0.1, 0.15) is 5.78 Å². The number of Topliss-reactive ketones (excluding diaryl/α,β-unsaturated/α-hetero) is 1. The van der Waals surface area contributed by atoms with Crippen molar-refractivity contribution in [3.05, 3.63) is 23.3 Å². The predicted octanol–water partition coefficient (Wildman–Crippen LogP) is 4.25. The zero-order valence-corrected chi connectivity index (χ0v) is 13.9. The Hall–Kier alpha value is -1.18. The monoisotopic (exact) mass is 298 g/mol. The van der Waals surface area contributed by atoms with Crippen LogP contribution in [0, 0.1) is 28.6 Å². The van der Waals surface area contributed by atoms with Gasteiger partial charge in [0, 0.05) is 17.8 Å². The Labute approximate surface area is 133 Å². The average molecular weight is 298 g/mol. The summed E-state index contributed by atoms with van der Waals surface area (Å²) in [5, 5.41) is 0. The van der Waals surface area contributed by atoms with Crippen LogP contribution in [0.3, 0.4) is 0 Å². The lowest BCUT2D eigenvalue weighted by Gasteiger charge is -2.51. The Bertz CT molecular complexity index is 626. The molecule has 2 fully saturated rings. The van der Waals surface area contributed by atoms with Gasteiger partial charge in [-0.05, 0) is 62.4 Å². The van der Waals surface area contributed by atoms with Crippen molar-refractivity contribution in [1.29, 1.82) is 0 Å². The number of allylic oxidation sites excluding steroid dienone is 4. The molecule has 0 radical (unpaired) electrons. The van der Waals surface area contributed by atoms with E-state index in [-0.39, 0.29) is 16.7 Å². The number of hydrogen-bond acceptors (Lipinski definition) is 2. The first-order chi connectivity index (χ1) is 10.4. The highest BCUT2D eigenvalue weighted by atomic mass is 16.1. The SMILES string of the molecule is CC(=O)[C@H]1CC[C@H]2[C@@H]3CCC4=CC(=O)C[C@]4(C)C3=CC[C@]12C. The summed E-state index contributed by atoms with van der Waals surface area (Å²) in [7, 11) is 0. The minimum absolute atomic E-state index is 0.00433. The molecule has 0 amide bonds. The normalized spacial score (nSPS) is 46.5. The fourth-order valence-electron chi connectivity index (χ4n) is 6.39. The van der Waals surface area contributed by atoms with E-state index in [9.17, 15) is 9.59 Å². The van der Waals surface area contributed by atoms with Crippen LogP contribution < -0.4 is 0 Å². The molecule has 0 saturated heterocycles. The third-order valence-corrected chi connectivity index (χ3v) is 7.48. The summed E-state index contributed by atoms with van der Waals surface area (Å²) in [4.78, 5) is 24.1. The molecule has 2 nitrogen and oxygen atoms in total. The van der Waals surface area contributed by atoms with E-state index >= 15 is 0 Å². The van der Waals surface area contributed by atoms with Crippen LogP contribution >= 0.6 is 0 Å². The van der Waals surface area contributed by atoms with Gasteiger partial charge in [0.25, 0.3) is 0 Å². The Kier molecular flexibility index (Phi) is 2.90. The van der Waals surface area contributed by atoms with E-state index in [1.807, 2.05) is 6.08 Å². The van der Waals surface area contributed by atoms with Crippen LogP contribution in [-0.2, 0) is 9.59 Å². The van der Waals surface area contributed by atoms with Gasteiger partial charge < -0.3 is 0 Å². The average Bonchev–Trinajstić information content (AvgIpc) is 2.93. The molecule has 0 bridgehead atoms. The summed E-state index contributed by atoms with van der Waals surface area (Å²) in [5.74, 6) is 2.15. The van der Waals surface area contributed by atoms with Crippen LogP contribution in [0.25, 0.3) is 0 Å². The van der Waals surface area contributed by atoms with Gasteiger partial charge in [0.15, 0.2) is 5.78 Å². The molecule has 0 spiro atoms. The number of ketones is 2. The van der Waals surface area contributed by atoms with Crippen LogP contribution in [0.5, 0.6) is 0 Å². The van der Waals surface area contributed by atoms with Gasteiger partial charge in [-0.1, -0.05) is 31.1 Å². The maximum Gasteiger partial charge on any atom is 0.156 e. The fraction of sp³-hybridized carbons (Fsp3) is 0.700. The van der Waals surface area contributed by atoms with E-state index in [0.29, 0.717) is 29.8 Å². The van der Waals surface area contributed by atoms with Crippen molar-refractivity contribution in [3.8, 4) is 0 Å². The van der Waals surface area contributed by atoms with Crippen molar-refractivity contribution in [3.63, 3.8) is 0 Å². The molecule has 0 unspecified atom stereocenters. The van der Waals surface area contributed by atoms with Gasteiger partial charge in [-0.3, -0.25) is 9.59 Å². The van der Waals surface area contributed by atoms with E-state index in [0.717, 1.165) is 19.3 Å². The second-order valence-corrected chi connectivity index (χ2v) is 8.51. The lowest BCUT2D eigenvalue weighted by atomic mass is 9.53. The maximum atomic E-state index is 12.1. The Morgan fingerprint density at radius 3 is 2.73 bits per heavy atom. The quantitative estimate of drug-likeness (QED) is 0.678. The zero-order chi connectivity index (χ0) is 15.7. The summed E-state index contributed by atoms with van der Waals surface area (Å²) >= 11 is 0. The van der Waals surface area contributed by atoms with Crippen molar-refractivity contribution < 1.29 is 9.59 Å². The lowest BCUT2D eigenvalue weighted by Crippen LogP contribution is -2.43. The Balaban J connectivity index is 1.75. The molecule has 4 aliphatic rings.